The second-order valence-corrected chi connectivity index (χ2v) is 5.78. The van der Waals surface area contributed by atoms with Crippen molar-refractivity contribution in [3.8, 4) is 0 Å². The maximum Gasteiger partial charge on any atom is 0.0544 e. The normalized spacial score (nSPS) is 18.9. The molecule has 2 aromatic rings. The van der Waals surface area contributed by atoms with Gasteiger partial charge < -0.3 is 4.90 Å². The summed E-state index contributed by atoms with van der Waals surface area (Å²) in [5, 5.41) is 0. The predicted octanol–water partition coefficient (Wildman–Crippen LogP) is 2.33. The molecule has 3 heteroatoms. The topological polar surface area (TPSA) is 19.4 Å². The minimum Gasteiger partial charge on any atom is -0.365 e. The van der Waals surface area contributed by atoms with Gasteiger partial charge in [-0.2, -0.15) is 0 Å². The molecule has 0 unspecified atom stereocenters. The summed E-state index contributed by atoms with van der Waals surface area (Å²) in [6.45, 7) is 4.55. The number of hydrogen-bond acceptors (Lipinski definition) is 3. The van der Waals surface area contributed by atoms with Crippen molar-refractivity contribution in [3.63, 3.8) is 0 Å². The van der Waals surface area contributed by atoms with Gasteiger partial charge in [0.1, 0.15) is 0 Å². The van der Waals surface area contributed by atoms with Crippen molar-refractivity contribution in [1.29, 1.82) is 0 Å². The third-order valence-electron chi connectivity index (χ3n) is 4.43. The van der Waals surface area contributed by atoms with E-state index >= 15 is 0 Å². The number of anilines is 1. The minimum absolute atomic E-state index is 0.690. The van der Waals surface area contributed by atoms with Gasteiger partial charge in [0, 0.05) is 44.3 Å². The minimum atomic E-state index is 0.690. The van der Waals surface area contributed by atoms with Gasteiger partial charge in [-0.3, -0.25) is 9.88 Å². The van der Waals surface area contributed by atoms with E-state index in [1.165, 1.54) is 42.9 Å². The predicted molar refractivity (Wildman–Crippen MR) is 80.8 cm³/mol. The highest BCUT2D eigenvalue weighted by Crippen LogP contribution is 2.32. The Morgan fingerprint density at radius 3 is 2.85 bits per heavy atom. The molecule has 1 aromatic carbocycles. The van der Waals surface area contributed by atoms with Gasteiger partial charge >= 0.3 is 0 Å². The monoisotopic (exact) mass is 265 g/mol. The fourth-order valence-corrected chi connectivity index (χ4v) is 3.36. The Hall–Kier alpha value is -1.87. The number of aromatic nitrogens is 1. The van der Waals surface area contributed by atoms with E-state index in [9.17, 15) is 0 Å². The van der Waals surface area contributed by atoms with E-state index in [4.69, 9.17) is 0 Å². The van der Waals surface area contributed by atoms with Crippen molar-refractivity contribution in [2.45, 2.75) is 19.0 Å². The van der Waals surface area contributed by atoms with E-state index < -0.39 is 0 Å². The van der Waals surface area contributed by atoms with Crippen LogP contribution in [0.5, 0.6) is 0 Å². The Balaban J connectivity index is 1.38. The molecule has 2 aliphatic heterocycles. The van der Waals surface area contributed by atoms with Gasteiger partial charge in [0.15, 0.2) is 0 Å². The lowest BCUT2D eigenvalue weighted by Crippen LogP contribution is -2.58. The van der Waals surface area contributed by atoms with Crippen LogP contribution in [0.2, 0.25) is 0 Å². The summed E-state index contributed by atoms with van der Waals surface area (Å²) in [7, 11) is 0. The van der Waals surface area contributed by atoms with Gasteiger partial charge in [-0.15, -0.1) is 0 Å². The molecule has 0 radical (unpaired) electrons. The van der Waals surface area contributed by atoms with Crippen LogP contribution in [-0.2, 0) is 13.0 Å². The second kappa shape index (κ2) is 4.91. The van der Waals surface area contributed by atoms with Crippen molar-refractivity contribution in [1.82, 2.24) is 9.88 Å². The zero-order valence-corrected chi connectivity index (χ0v) is 11.6. The summed E-state index contributed by atoms with van der Waals surface area (Å²) < 4.78 is 0. The zero-order valence-electron chi connectivity index (χ0n) is 11.6. The first-order chi connectivity index (χ1) is 9.90. The van der Waals surface area contributed by atoms with Crippen molar-refractivity contribution in [2.24, 2.45) is 0 Å². The first-order valence-corrected chi connectivity index (χ1v) is 7.36. The molecule has 2 aliphatic rings. The van der Waals surface area contributed by atoms with E-state index in [-0.39, 0.29) is 0 Å². The lowest BCUT2D eigenvalue weighted by Gasteiger charge is -2.45. The Morgan fingerprint density at radius 2 is 2.00 bits per heavy atom. The molecule has 102 valence electrons. The Kier molecular flexibility index (Phi) is 2.92. The molecule has 20 heavy (non-hydrogen) atoms. The molecule has 0 aliphatic carbocycles. The lowest BCUT2D eigenvalue weighted by atomic mass is 10.1. The molecule has 1 saturated heterocycles. The van der Waals surface area contributed by atoms with Crippen LogP contribution in [0.15, 0.2) is 48.8 Å². The Bertz CT molecular complexity index is 590. The highest BCUT2D eigenvalue weighted by molar-refractivity contribution is 5.59. The number of fused-ring (bicyclic) bond motifs is 1. The average Bonchev–Trinajstić information content (AvgIpc) is 2.87. The van der Waals surface area contributed by atoms with Gasteiger partial charge in [-0.1, -0.05) is 24.3 Å². The first kappa shape index (κ1) is 11.9. The smallest absolute Gasteiger partial charge is 0.0544 e. The molecule has 0 bridgehead atoms. The van der Waals surface area contributed by atoms with E-state index in [1.807, 2.05) is 18.5 Å². The van der Waals surface area contributed by atoms with Crippen LogP contribution >= 0.6 is 0 Å². The third kappa shape index (κ3) is 2.08. The fraction of sp³-hybridized carbons (Fsp3) is 0.353. The van der Waals surface area contributed by atoms with Crippen LogP contribution in [0, 0.1) is 0 Å². The summed E-state index contributed by atoms with van der Waals surface area (Å²) in [6, 6.07) is 13.7. The molecule has 1 fully saturated rings. The number of pyridine rings is 1. The largest absolute Gasteiger partial charge is 0.365 e. The summed E-state index contributed by atoms with van der Waals surface area (Å²) >= 11 is 0. The van der Waals surface area contributed by atoms with E-state index in [0.29, 0.717) is 6.04 Å². The number of benzene rings is 1. The summed E-state index contributed by atoms with van der Waals surface area (Å²) in [5.74, 6) is 0. The van der Waals surface area contributed by atoms with Crippen molar-refractivity contribution in [2.75, 3.05) is 24.5 Å². The SMILES string of the molecule is c1cncc(CN2CC(N3CCc4ccccc43)C2)c1. The summed E-state index contributed by atoms with van der Waals surface area (Å²) in [6.07, 6.45) is 5.01. The van der Waals surface area contributed by atoms with Crippen LogP contribution in [0.25, 0.3) is 0 Å². The van der Waals surface area contributed by atoms with E-state index in [2.05, 4.69) is 45.1 Å². The van der Waals surface area contributed by atoms with Crippen LogP contribution < -0.4 is 4.90 Å². The average molecular weight is 265 g/mol. The molecule has 0 N–H and O–H groups in total. The lowest BCUT2D eigenvalue weighted by molar-refractivity contribution is 0.137. The second-order valence-electron chi connectivity index (χ2n) is 5.78. The Labute approximate surface area is 119 Å². The number of para-hydroxylation sites is 1. The maximum atomic E-state index is 4.19. The van der Waals surface area contributed by atoms with Gasteiger partial charge in [-0.25, -0.2) is 0 Å². The molecule has 3 nitrogen and oxygen atoms in total. The van der Waals surface area contributed by atoms with E-state index in [1.54, 1.807) is 0 Å². The molecule has 0 amide bonds. The van der Waals surface area contributed by atoms with Gasteiger partial charge in [0.2, 0.25) is 0 Å². The zero-order chi connectivity index (χ0) is 13.4. The van der Waals surface area contributed by atoms with Crippen LogP contribution in [0.1, 0.15) is 11.1 Å². The third-order valence-corrected chi connectivity index (χ3v) is 4.43. The molecule has 0 saturated carbocycles. The van der Waals surface area contributed by atoms with Crippen molar-refractivity contribution < 1.29 is 0 Å². The fourth-order valence-electron chi connectivity index (χ4n) is 3.36. The highest BCUT2D eigenvalue weighted by Gasteiger charge is 2.34. The maximum absolute atomic E-state index is 4.19. The van der Waals surface area contributed by atoms with Gasteiger partial charge in [0.05, 0.1) is 6.04 Å². The number of nitrogens with zero attached hydrogens (tertiary/aromatic N) is 3. The number of rotatable bonds is 3. The van der Waals surface area contributed by atoms with Crippen molar-refractivity contribution >= 4 is 5.69 Å². The van der Waals surface area contributed by atoms with Gasteiger partial charge in [0.25, 0.3) is 0 Å². The first-order valence-electron chi connectivity index (χ1n) is 7.36. The number of hydrogen-bond donors (Lipinski definition) is 0. The summed E-state index contributed by atoms with van der Waals surface area (Å²) in [5.41, 5.74) is 4.28. The molecular formula is C17H19N3. The molecule has 0 atom stereocenters. The van der Waals surface area contributed by atoms with Crippen molar-refractivity contribution in [3.05, 3.63) is 59.9 Å². The highest BCUT2D eigenvalue weighted by atomic mass is 15.3. The van der Waals surface area contributed by atoms with Crippen LogP contribution in [-0.4, -0.2) is 35.6 Å². The van der Waals surface area contributed by atoms with Gasteiger partial charge in [-0.05, 0) is 29.7 Å². The van der Waals surface area contributed by atoms with Crippen LogP contribution in [0.4, 0.5) is 5.69 Å². The number of likely N-dealkylation sites (tertiary alicyclic amines) is 1. The Morgan fingerprint density at radius 1 is 1.10 bits per heavy atom. The molecule has 4 rings (SSSR count). The summed E-state index contributed by atoms with van der Waals surface area (Å²) in [4.78, 5) is 9.28. The molecule has 0 spiro atoms. The molecule has 1 aromatic heterocycles. The van der Waals surface area contributed by atoms with Crippen LogP contribution in [0.3, 0.4) is 0 Å². The quantitative estimate of drug-likeness (QED) is 0.849. The standard InChI is InChI=1S/C17H19N3/c1-2-6-17-15(5-1)7-9-20(17)16-12-19(13-16)11-14-4-3-8-18-10-14/h1-6,8,10,16H,7,9,11-13H2. The molecular weight excluding hydrogens is 246 g/mol. The molecule has 3 heterocycles. The van der Waals surface area contributed by atoms with E-state index in [0.717, 1.165) is 6.54 Å².